The lowest BCUT2D eigenvalue weighted by atomic mass is 10.0. The minimum absolute atomic E-state index is 0.0211. The number of nitrogens with two attached hydrogens (primary N) is 4. The lowest BCUT2D eigenvalue weighted by molar-refractivity contribution is -0.119. The minimum atomic E-state index is -0.416. The topological polar surface area (TPSA) is 268 Å². The van der Waals surface area contributed by atoms with Crippen LogP contribution in [-0.2, 0) is 67.7 Å². The Labute approximate surface area is 669 Å². The Balaban J connectivity index is 0.000000136. The van der Waals surface area contributed by atoms with E-state index < -0.39 is 18.1 Å². The lowest BCUT2D eigenvalue weighted by Crippen LogP contribution is -2.30. The molecule has 18 rings (SSSR count). The van der Waals surface area contributed by atoms with E-state index in [1.807, 2.05) is 114 Å². The first kappa shape index (κ1) is 84.0. The molecule has 0 radical (unpaired) electrons. The van der Waals surface area contributed by atoms with Gasteiger partial charge >= 0.3 is 0 Å². The quantitative estimate of drug-likeness (QED) is 0.0370. The van der Waals surface area contributed by atoms with E-state index in [1.54, 1.807) is 0 Å². The Morgan fingerprint density at radius 2 is 0.754 bits per heavy atom. The molecule has 18 aromatic rings. The van der Waals surface area contributed by atoms with Crippen LogP contribution in [0.3, 0.4) is 0 Å². The molecule has 0 bridgehead atoms. The van der Waals surface area contributed by atoms with Crippen molar-refractivity contribution in [1.29, 1.82) is 0 Å². The molecular weight excluding hydrogens is 1410 g/mol. The maximum atomic E-state index is 11.1. The van der Waals surface area contributed by atoms with Crippen LogP contribution in [0.4, 0.5) is 0 Å². The van der Waals surface area contributed by atoms with Crippen LogP contribution in [0.2, 0.25) is 0 Å². The van der Waals surface area contributed by atoms with Gasteiger partial charge in [0.05, 0.1) is 18.1 Å². The number of aryl methyl sites for hydroxylation is 5. The molecule has 0 spiro atoms. The van der Waals surface area contributed by atoms with Crippen LogP contribution in [0.5, 0.6) is 0 Å². The molecule has 9 aromatic heterocycles. The highest BCUT2D eigenvalue weighted by atomic mass is 16.3. The maximum absolute atomic E-state index is 11.1. The van der Waals surface area contributed by atoms with Gasteiger partial charge in [0, 0.05) is 146 Å². The molecule has 16 nitrogen and oxygen atoms in total. The number of rotatable bonds is 18. The summed E-state index contributed by atoms with van der Waals surface area (Å²) in [5.74, 6) is 0.0710. The van der Waals surface area contributed by atoms with Crippen molar-refractivity contribution in [3.63, 3.8) is 0 Å². The molecule has 0 amide bonds. The van der Waals surface area contributed by atoms with Gasteiger partial charge in [-0.3, -0.25) is 9.59 Å². The smallest absolute Gasteiger partial charge is 0.146 e. The molecule has 15 N–H and O–H groups in total. The molecule has 3 atom stereocenters. The van der Waals surface area contributed by atoms with Crippen molar-refractivity contribution in [3.8, 4) is 0 Å². The van der Waals surface area contributed by atoms with Gasteiger partial charge in [-0.1, -0.05) is 204 Å². The molecule has 9 aromatic carbocycles. The number of carbonyl (C=O) groups excluding carboxylic acids is 2. The predicted octanol–water partition coefficient (Wildman–Crippen LogP) is 21.3. The van der Waals surface area contributed by atoms with E-state index in [-0.39, 0.29) is 17.3 Å². The van der Waals surface area contributed by atoms with Crippen LogP contribution in [0.15, 0.2) is 304 Å². The summed E-state index contributed by atoms with van der Waals surface area (Å²) in [5, 5.41) is 20.6. The summed E-state index contributed by atoms with van der Waals surface area (Å²) in [6, 6.07) is 86.0. The lowest BCUT2D eigenvalue weighted by Gasteiger charge is -2.11. The summed E-state index contributed by atoms with van der Waals surface area (Å²) in [7, 11) is 0. The van der Waals surface area contributed by atoms with E-state index in [4.69, 9.17) is 28.0 Å². The Hall–Kier alpha value is -12.4. The van der Waals surface area contributed by atoms with Gasteiger partial charge in [-0.15, -0.1) is 0 Å². The van der Waals surface area contributed by atoms with Gasteiger partial charge < -0.3 is 71.6 Å². The molecule has 588 valence electrons. The summed E-state index contributed by atoms with van der Waals surface area (Å²) >= 11 is 0. The van der Waals surface area contributed by atoms with Gasteiger partial charge in [0.2, 0.25) is 0 Å². The second kappa shape index (κ2) is 42.8. The largest absolute Gasteiger partial charge is 0.511 e. The number of hydrogen-bond donors (Lipinski definition) is 11. The Bertz CT molecular complexity index is 5590. The van der Waals surface area contributed by atoms with Crippen molar-refractivity contribution in [1.82, 2.24) is 43.6 Å². The van der Waals surface area contributed by atoms with Crippen molar-refractivity contribution in [2.24, 2.45) is 22.9 Å². The number of aliphatic hydroxyl groups excluding tert-OH is 1. The number of benzene rings is 9. The first-order valence-corrected chi connectivity index (χ1v) is 39.8. The molecule has 0 saturated heterocycles. The third-order valence-corrected chi connectivity index (χ3v) is 20.1. The highest BCUT2D eigenvalue weighted by Crippen LogP contribution is 2.24. The summed E-state index contributed by atoms with van der Waals surface area (Å²) in [4.78, 5) is 41.7. The molecule has 0 fully saturated rings. The SMILES string of the molecule is C=C(O)C(N)Cn1ccc2ccccc21.CC(=O)C(N)Cc1c[nH]c2ccccc12.CC(=O)C(N)Cc1cc2ccccc2[nH]1.CCCc1c[nH]c2ccccc12.CCCn1ccc2ccccc21.CCc1c[nH]c2ccccc12.CCc1cc2ccccc2[nH]1.CCn1ccc2ccccc21.NCCc1cc2ccccc2[nH]1. The van der Waals surface area contributed by atoms with E-state index in [0.717, 1.165) is 70.9 Å². The summed E-state index contributed by atoms with van der Waals surface area (Å²) in [5.41, 5.74) is 41.0. The number of fused-ring (bicyclic) bond motifs is 9. The molecular formula is C98H113N13O3. The van der Waals surface area contributed by atoms with Gasteiger partial charge in [-0.05, 0) is 206 Å². The van der Waals surface area contributed by atoms with Gasteiger partial charge in [0.25, 0.3) is 0 Å². The number of para-hydroxylation sites is 9. The highest BCUT2D eigenvalue weighted by molar-refractivity contribution is 5.88. The average molecular weight is 1520 g/mol. The highest BCUT2D eigenvalue weighted by Gasteiger charge is 2.14. The first-order chi connectivity index (χ1) is 55.5. The van der Waals surface area contributed by atoms with Crippen LogP contribution in [0, 0.1) is 0 Å². The van der Waals surface area contributed by atoms with E-state index in [0.29, 0.717) is 25.9 Å². The van der Waals surface area contributed by atoms with Crippen molar-refractivity contribution < 1.29 is 14.7 Å². The average Bonchev–Trinajstić information content (AvgIpc) is 1.62. The Morgan fingerprint density at radius 1 is 0.386 bits per heavy atom. The van der Waals surface area contributed by atoms with E-state index in [9.17, 15) is 9.59 Å². The number of carbonyl (C=O) groups is 2. The summed E-state index contributed by atoms with van der Waals surface area (Å²) in [6.07, 6.45) is 20.2. The van der Waals surface area contributed by atoms with E-state index in [1.165, 1.54) is 126 Å². The zero-order valence-corrected chi connectivity index (χ0v) is 67.1. The van der Waals surface area contributed by atoms with Crippen molar-refractivity contribution in [2.45, 2.75) is 138 Å². The fraction of sp³-hybridized carbons (Fsp3) is 0.224. The number of aromatic nitrogens is 9. The van der Waals surface area contributed by atoms with Crippen LogP contribution in [0.25, 0.3) is 98.1 Å². The fourth-order valence-electron chi connectivity index (χ4n) is 13.7. The zero-order chi connectivity index (χ0) is 80.7. The zero-order valence-electron chi connectivity index (χ0n) is 67.1. The Morgan fingerprint density at radius 3 is 1.20 bits per heavy atom. The van der Waals surface area contributed by atoms with E-state index in [2.05, 4.69) is 263 Å². The van der Waals surface area contributed by atoms with Gasteiger partial charge in [-0.2, -0.15) is 0 Å². The number of Topliss-reactive ketones (excluding diaryl/α,β-unsaturated/α-hetero) is 2. The number of ketones is 2. The number of aliphatic hydroxyl groups is 1. The molecule has 3 unspecified atom stereocenters. The third-order valence-electron chi connectivity index (χ3n) is 20.1. The molecule has 0 aliphatic carbocycles. The molecule has 9 heterocycles. The van der Waals surface area contributed by atoms with Gasteiger partial charge in [0.15, 0.2) is 0 Å². The number of H-pyrrole nitrogens is 6. The molecule has 114 heavy (non-hydrogen) atoms. The van der Waals surface area contributed by atoms with Crippen LogP contribution >= 0.6 is 0 Å². The number of nitrogens with one attached hydrogen (secondary N) is 6. The van der Waals surface area contributed by atoms with Crippen LogP contribution in [-0.4, -0.2) is 84.9 Å². The number of nitrogens with zero attached hydrogens (tertiary/aromatic N) is 3. The minimum Gasteiger partial charge on any atom is -0.511 e. The van der Waals surface area contributed by atoms with Crippen molar-refractivity contribution >= 4 is 110 Å². The molecule has 0 aliphatic heterocycles. The van der Waals surface area contributed by atoms with Crippen LogP contribution in [0.1, 0.15) is 95.1 Å². The van der Waals surface area contributed by atoms with Crippen molar-refractivity contribution in [3.05, 3.63) is 338 Å². The number of aromatic amines is 6. The summed E-state index contributed by atoms with van der Waals surface area (Å²) in [6.45, 7) is 20.8. The van der Waals surface area contributed by atoms with Crippen LogP contribution < -0.4 is 22.9 Å². The summed E-state index contributed by atoms with van der Waals surface area (Å²) < 4.78 is 6.56. The first-order valence-electron chi connectivity index (χ1n) is 39.8. The fourth-order valence-corrected chi connectivity index (χ4v) is 13.7. The molecule has 0 saturated carbocycles. The standard InChI is InChI=1S/3C12H14N2O.2C11H13N.C10H12N2.3C10H11N/c1-8(15)11(13)6-9-7-14-12-5-3-2-4-10(9)12;1-8(15)11(13)7-10-6-9-4-2-3-5-12(9)14-10;1-9(15)11(13)8-14-7-6-10-4-2-3-5-12(10)14;1-2-8-12-9-7-10-5-3-4-6-11(10)12;1-2-5-9-8-12-11-7-4-3-6-10(9)11;11-6-5-9-7-8-3-1-2-4-10(8)12-9;1-2-11-8-7-9-5-3-4-6-10(9)11;1-2-9-7-8-5-3-4-6-10(8)11-9;1-2-8-7-11-10-6-4-3-5-9(8)10/h2-5,7,11,14H,6,13H2,1H3;2-6,11,14H,7,13H2,1H3;2-7,11,15H,1,8,13H2;3-7,9H,2,8H2,1H3;3-4,6-8,12H,2,5H2,1H3;1-4,7,12H,5-6,11H2;3-8H,2H2,1H3;2*3-7,11H,2H2,1H3. The second-order valence-corrected chi connectivity index (χ2v) is 28.4. The maximum Gasteiger partial charge on any atom is 0.146 e. The number of hydrogen-bond acceptors (Lipinski definition) is 7. The normalized spacial score (nSPS) is 11.6. The monoisotopic (exact) mass is 1520 g/mol. The van der Waals surface area contributed by atoms with Crippen molar-refractivity contribution in [2.75, 3.05) is 6.54 Å². The second-order valence-electron chi connectivity index (χ2n) is 28.4. The van der Waals surface area contributed by atoms with E-state index >= 15 is 0 Å². The Kier molecular flexibility index (Phi) is 31.6. The predicted molar refractivity (Wildman–Crippen MR) is 482 cm³/mol. The molecule has 0 aliphatic rings. The molecule has 16 heteroatoms. The third kappa shape index (κ3) is 23.3. The van der Waals surface area contributed by atoms with Gasteiger partial charge in [-0.25, -0.2) is 0 Å². The van der Waals surface area contributed by atoms with Gasteiger partial charge in [0.1, 0.15) is 17.3 Å².